The van der Waals surface area contributed by atoms with Crippen molar-refractivity contribution in [1.82, 2.24) is 10.6 Å². The maximum Gasteiger partial charge on any atom is 0.0576 e. The molecule has 1 fully saturated rings. The summed E-state index contributed by atoms with van der Waals surface area (Å²) < 4.78 is 0. The van der Waals surface area contributed by atoms with E-state index in [0.717, 1.165) is 13.1 Å². The highest BCUT2D eigenvalue weighted by Crippen LogP contribution is 2.31. The molecular formula is C6H12Cl2N2S2. The van der Waals surface area contributed by atoms with Crippen LogP contribution in [0.2, 0.25) is 0 Å². The Morgan fingerprint density at radius 1 is 1.33 bits per heavy atom. The molecule has 0 spiro atoms. The predicted octanol–water partition coefficient (Wildman–Crippen LogP) is 1.63. The van der Waals surface area contributed by atoms with Crippen LogP contribution in [0, 0.1) is 0 Å². The van der Waals surface area contributed by atoms with Crippen LogP contribution in [0.5, 0.6) is 0 Å². The van der Waals surface area contributed by atoms with Gasteiger partial charge in [-0.2, -0.15) is 0 Å². The van der Waals surface area contributed by atoms with E-state index in [4.69, 9.17) is 0 Å². The van der Waals surface area contributed by atoms with Gasteiger partial charge in [-0.25, -0.2) is 0 Å². The molecule has 0 radical (unpaired) electrons. The van der Waals surface area contributed by atoms with Crippen LogP contribution in [0.3, 0.4) is 0 Å². The summed E-state index contributed by atoms with van der Waals surface area (Å²) in [6, 6.07) is 0.597. The Morgan fingerprint density at radius 3 is 2.92 bits per heavy atom. The van der Waals surface area contributed by atoms with Crippen LogP contribution in [0.25, 0.3) is 0 Å². The van der Waals surface area contributed by atoms with Crippen molar-refractivity contribution in [3.63, 3.8) is 0 Å². The van der Waals surface area contributed by atoms with Gasteiger partial charge >= 0.3 is 0 Å². The lowest BCUT2D eigenvalue weighted by atomic mass is 10.2. The minimum Gasteiger partial charge on any atom is -0.385 e. The molecule has 1 atom stereocenters. The van der Waals surface area contributed by atoms with E-state index < -0.39 is 0 Å². The van der Waals surface area contributed by atoms with Crippen LogP contribution in [-0.2, 0) is 0 Å². The number of hydrogen-bond donors (Lipinski definition) is 2. The Morgan fingerprint density at radius 2 is 2.17 bits per heavy atom. The molecule has 0 aromatic carbocycles. The predicted molar refractivity (Wildman–Crippen MR) is 62.4 cm³/mol. The first-order chi connectivity index (χ1) is 4.97. The van der Waals surface area contributed by atoms with Crippen LogP contribution in [0.4, 0.5) is 0 Å². The van der Waals surface area contributed by atoms with Crippen LogP contribution >= 0.6 is 46.4 Å². The van der Waals surface area contributed by atoms with Gasteiger partial charge in [-0.3, -0.25) is 0 Å². The second kappa shape index (κ2) is 6.27. The van der Waals surface area contributed by atoms with Crippen molar-refractivity contribution in [3.8, 4) is 0 Å². The Balaban J connectivity index is 0.000000605. The maximum atomic E-state index is 3.46. The molecule has 0 aromatic rings. The second-order valence-electron chi connectivity index (χ2n) is 2.39. The van der Waals surface area contributed by atoms with Crippen molar-refractivity contribution in [2.45, 2.75) is 6.04 Å². The average Bonchev–Trinajstić information content (AvgIpc) is 2.05. The van der Waals surface area contributed by atoms with Gasteiger partial charge < -0.3 is 10.6 Å². The fraction of sp³-hybridized carbons (Fsp3) is 0.667. The van der Waals surface area contributed by atoms with E-state index in [2.05, 4.69) is 16.0 Å². The van der Waals surface area contributed by atoms with Crippen molar-refractivity contribution in [2.24, 2.45) is 0 Å². The molecule has 12 heavy (non-hydrogen) atoms. The molecule has 2 nitrogen and oxygen atoms in total. The third-order valence-corrected chi connectivity index (χ3v) is 3.76. The van der Waals surface area contributed by atoms with Gasteiger partial charge in [0.05, 0.1) is 6.04 Å². The molecule has 1 saturated heterocycles. The Labute approximate surface area is 92.9 Å². The summed E-state index contributed by atoms with van der Waals surface area (Å²) in [5.74, 6) is 1.20. The molecule has 0 saturated carbocycles. The maximum absolute atomic E-state index is 3.46. The molecule has 0 bridgehead atoms. The fourth-order valence-corrected chi connectivity index (χ4v) is 3.24. The molecule has 0 amide bonds. The molecular weight excluding hydrogens is 235 g/mol. The monoisotopic (exact) mass is 246 g/mol. The molecule has 72 valence electrons. The first-order valence-corrected chi connectivity index (χ1v) is 5.80. The van der Waals surface area contributed by atoms with Crippen LogP contribution in [0.1, 0.15) is 0 Å². The summed E-state index contributed by atoms with van der Waals surface area (Å²) in [6.45, 7) is 2.18. The summed E-state index contributed by atoms with van der Waals surface area (Å²) in [5, 5.41) is 9.05. The van der Waals surface area contributed by atoms with Gasteiger partial charge in [-0.05, 0) is 0 Å². The zero-order valence-electron chi connectivity index (χ0n) is 6.41. The number of rotatable bonds is 0. The van der Waals surface area contributed by atoms with Crippen LogP contribution in [0.15, 0.2) is 11.1 Å². The number of nitrogens with one attached hydrogen (secondary N) is 2. The normalized spacial score (nSPS) is 26.7. The summed E-state index contributed by atoms with van der Waals surface area (Å²) in [5.41, 5.74) is 1.38. The lowest BCUT2D eigenvalue weighted by Gasteiger charge is -2.30. The fourth-order valence-electron chi connectivity index (χ4n) is 1.15. The summed E-state index contributed by atoms with van der Waals surface area (Å²) >= 11 is 0. The number of piperazine rings is 1. The molecule has 2 N–H and O–H groups in total. The van der Waals surface area contributed by atoms with E-state index in [0.29, 0.717) is 6.04 Å². The van der Waals surface area contributed by atoms with Gasteiger partial charge in [0, 0.05) is 29.9 Å². The second-order valence-corrected chi connectivity index (χ2v) is 4.67. The first-order valence-electron chi connectivity index (χ1n) is 3.42. The SMILES string of the molecule is C1=C2NCCNC2CSS1.Cl.Cl. The summed E-state index contributed by atoms with van der Waals surface area (Å²) in [7, 11) is 3.75. The van der Waals surface area contributed by atoms with E-state index in [1.54, 1.807) is 0 Å². The highest BCUT2D eigenvalue weighted by molar-refractivity contribution is 8.77. The van der Waals surface area contributed by atoms with Gasteiger partial charge in [-0.15, -0.1) is 24.8 Å². The molecule has 2 heterocycles. The average molecular weight is 247 g/mol. The number of fused-ring (bicyclic) bond motifs is 1. The Hall–Kier alpha value is 0.780. The topological polar surface area (TPSA) is 24.1 Å². The molecule has 6 heteroatoms. The molecule has 0 aliphatic carbocycles. The van der Waals surface area contributed by atoms with Crippen LogP contribution in [-0.4, -0.2) is 24.9 Å². The standard InChI is InChI=1S/C6H10N2S2.2ClH/c1-2-8-6-4-10-9-3-5(6)7-1;;/h3,6-8H,1-2,4H2;2*1H. The van der Waals surface area contributed by atoms with E-state index >= 15 is 0 Å². The summed E-state index contributed by atoms with van der Waals surface area (Å²) in [4.78, 5) is 0. The van der Waals surface area contributed by atoms with E-state index in [1.807, 2.05) is 21.6 Å². The zero-order valence-corrected chi connectivity index (χ0v) is 9.68. The van der Waals surface area contributed by atoms with Crippen molar-refractivity contribution in [1.29, 1.82) is 0 Å². The molecule has 1 unspecified atom stereocenters. The van der Waals surface area contributed by atoms with Gasteiger partial charge in [-0.1, -0.05) is 21.6 Å². The third-order valence-electron chi connectivity index (χ3n) is 1.70. The quantitative estimate of drug-likeness (QED) is 0.635. The van der Waals surface area contributed by atoms with Gasteiger partial charge in [0.2, 0.25) is 0 Å². The minimum absolute atomic E-state index is 0. The van der Waals surface area contributed by atoms with Crippen LogP contribution < -0.4 is 10.6 Å². The van der Waals surface area contributed by atoms with Crippen molar-refractivity contribution >= 4 is 46.4 Å². The van der Waals surface area contributed by atoms with Gasteiger partial charge in [0.1, 0.15) is 0 Å². The molecule has 0 aromatic heterocycles. The molecule has 2 aliphatic rings. The van der Waals surface area contributed by atoms with E-state index in [9.17, 15) is 0 Å². The smallest absolute Gasteiger partial charge is 0.0576 e. The van der Waals surface area contributed by atoms with Gasteiger partial charge in [0.25, 0.3) is 0 Å². The van der Waals surface area contributed by atoms with Gasteiger partial charge in [0.15, 0.2) is 0 Å². The van der Waals surface area contributed by atoms with Crippen molar-refractivity contribution < 1.29 is 0 Å². The van der Waals surface area contributed by atoms with Crippen molar-refractivity contribution in [3.05, 3.63) is 11.1 Å². The largest absolute Gasteiger partial charge is 0.385 e. The lowest BCUT2D eigenvalue weighted by molar-refractivity contribution is 0.512. The molecule has 2 rings (SSSR count). The summed E-state index contributed by atoms with van der Waals surface area (Å²) in [6.07, 6.45) is 0. The first kappa shape index (κ1) is 12.8. The molecule has 2 aliphatic heterocycles. The zero-order chi connectivity index (χ0) is 6.81. The Bertz CT molecular complexity index is 166. The third kappa shape index (κ3) is 2.92. The lowest BCUT2D eigenvalue weighted by Crippen LogP contribution is -2.48. The van der Waals surface area contributed by atoms with E-state index in [1.165, 1.54) is 11.4 Å². The van der Waals surface area contributed by atoms with Crippen molar-refractivity contribution in [2.75, 3.05) is 18.8 Å². The highest BCUT2D eigenvalue weighted by atomic mass is 35.5. The number of halogens is 2. The van der Waals surface area contributed by atoms with E-state index in [-0.39, 0.29) is 24.8 Å². The minimum atomic E-state index is 0. The highest BCUT2D eigenvalue weighted by Gasteiger charge is 2.20. The Kier molecular flexibility index (Phi) is 6.67. The number of hydrogen-bond acceptors (Lipinski definition) is 4.